The van der Waals surface area contributed by atoms with Crippen molar-refractivity contribution in [3.8, 4) is 17.0 Å². The molecule has 12 heteroatoms. The highest BCUT2D eigenvalue weighted by molar-refractivity contribution is 8.00. The molecule has 244 valence electrons. The molecular formula is C36H30Cl2N4O4S2. The lowest BCUT2D eigenvalue weighted by Crippen LogP contribution is -2.30. The van der Waals surface area contributed by atoms with Crippen LogP contribution in [0.5, 0.6) is 5.75 Å². The predicted molar refractivity (Wildman–Crippen MR) is 196 cm³/mol. The Kier molecular flexibility index (Phi) is 11.9. The van der Waals surface area contributed by atoms with E-state index in [2.05, 4.69) is 20.9 Å². The van der Waals surface area contributed by atoms with E-state index in [9.17, 15) is 14.4 Å². The first-order chi connectivity index (χ1) is 23.2. The first-order valence-corrected chi connectivity index (χ1v) is 17.3. The molecule has 5 aromatic rings. The van der Waals surface area contributed by atoms with E-state index in [0.717, 1.165) is 10.5 Å². The van der Waals surface area contributed by atoms with E-state index in [0.29, 0.717) is 50.0 Å². The number of rotatable bonds is 12. The number of aromatic nitrogens is 1. The summed E-state index contributed by atoms with van der Waals surface area (Å²) < 4.78 is 5.73. The number of ether oxygens (including phenoxy) is 1. The van der Waals surface area contributed by atoms with Gasteiger partial charge in [0.2, 0.25) is 5.91 Å². The predicted octanol–water partition coefficient (Wildman–Crippen LogP) is 9.04. The fourth-order valence-electron chi connectivity index (χ4n) is 4.45. The van der Waals surface area contributed by atoms with Crippen molar-refractivity contribution in [3.05, 3.63) is 129 Å². The summed E-state index contributed by atoms with van der Waals surface area (Å²) in [5.41, 5.74) is 2.91. The third-order valence-corrected chi connectivity index (χ3v) is 9.16. The minimum absolute atomic E-state index is 0.0320. The van der Waals surface area contributed by atoms with E-state index < -0.39 is 17.1 Å². The van der Waals surface area contributed by atoms with Crippen LogP contribution in [0, 0.1) is 0 Å². The van der Waals surface area contributed by atoms with Crippen LogP contribution in [0.25, 0.3) is 17.3 Å². The fourth-order valence-corrected chi connectivity index (χ4v) is 6.59. The number of para-hydroxylation sites is 1. The summed E-state index contributed by atoms with van der Waals surface area (Å²) in [6.45, 7) is 4.09. The highest BCUT2D eigenvalue weighted by Gasteiger charge is 2.19. The zero-order valence-electron chi connectivity index (χ0n) is 25.8. The van der Waals surface area contributed by atoms with Crippen LogP contribution in [0.2, 0.25) is 10.0 Å². The molecule has 0 aliphatic heterocycles. The molecule has 0 aliphatic carbocycles. The summed E-state index contributed by atoms with van der Waals surface area (Å²) in [5, 5.41) is 11.3. The molecule has 0 bridgehead atoms. The van der Waals surface area contributed by atoms with Crippen molar-refractivity contribution in [1.29, 1.82) is 0 Å². The van der Waals surface area contributed by atoms with Crippen molar-refractivity contribution in [2.45, 2.75) is 24.0 Å². The molecule has 0 fully saturated rings. The quantitative estimate of drug-likeness (QED) is 0.0878. The van der Waals surface area contributed by atoms with Crippen LogP contribution in [0.1, 0.15) is 29.8 Å². The monoisotopic (exact) mass is 716 g/mol. The maximum atomic E-state index is 13.6. The van der Waals surface area contributed by atoms with Crippen LogP contribution in [0.15, 0.2) is 113 Å². The van der Waals surface area contributed by atoms with Gasteiger partial charge in [0.15, 0.2) is 5.13 Å². The number of thioether (sulfide) groups is 1. The summed E-state index contributed by atoms with van der Waals surface area (Å²) >= 11 is 14.9. The topological polar surface area (TPSA) is 109 Å². The number of thiazole rings is 1. The van der Waals surface area contributed by atoms with Gasteiger partial charge in [-0.1, -0.05) is 65.7 Å². The van der Waals surface area contributed by atoms with Gasteiger partial charge in [-0.15, -0.1) is 23.1 Å². The lowest BCUT2D eigenvalue weighted by molar-refractivity contribution is -0.115. The second kappa shape index (κ2) is 16.5. The molecule has 1 unspecified atom stereocenters. The number of benzene rings is 4. The number of nitrogens with zero attached hydrogens (tertiary/aromatic N) is 1. The molecule has 3 N–H and O–H groups in total. The molecule has 1 aromatic heterocycles. The molecule has 0 saturated carbocycles. The van der Waals surface area contributed by atoms with Gasteiger partial charge in [0.05, 0.1) is 22.6 Å². The largest absolute Gasteiger partial charge is 0.493 e. The highest BCUT2D eigenvalue weighted by atomic mass is 35.5. The standard InChI is InChI=1S/C36H30Cl2N4O4S2/c1-3-46-32-15-8-7-12-24(32)18-30(40-34(44)23-10-5-4-6-11-23)35(45)39-26-13-9-14-27(20-26)48-22(2)33(43)42-36-41-31(21-47-36)28-17-16-25(37)19-29(28)38/h4-22H,3H2,1-2H3,(H,39,45)(H,40,44)(H,41,42,43)/b30-18+. The Labute approximate surface area is 296 Å². The Morgan fingerprint density at radius 1 is 0.938 bits per heavy atom. The molecule has 0 radical (unpaired) electrons. The van der Waals surface area contributed by atoms with Crippen LogP contribution >= 0.6 is 46.3 Å². The average molecular weight is 718 g/mol. The second-order valence-electron chi connectivity index (χ2n) is 10.2. The molecule has 0 spiro atoms. The molecule has 5 rings (SSSR count). The Morgan fingerprint density at radius 2 is 1.71 bits per heavy atom. The lowest BCUT2D eigenvalue weighted by atomic mass is 10.1. The second-order valence-corrected chi connectivity index (χ2v) is 13.4. The van der Waals surface area contributed by atoms with Crippen LogP contribution in [0.4, 0.5) is 10.8 Å². The van der Waals surface area contributed by atoms with E-state index in [1.807, 2.05) is 36.6 Å². The number of halogens is 2. The molecule has 0 aliphatic rings. The summed E-state index contributed by atoms with van der Waals surface area (Å²) in [6.07, 6.45) is 1.58. The van der Waals surface area contributed by atoms with Gasteiger partial charge in [-0.3, -0.25) is 14.4 Å². The van der Waals surface area contributed by atoms with Crippen LogP contribution in [0.3, 0.4) is 0 Å². The molecule has 8 nitrogen and oxygen atoms in total. The molecule has 0 saturated heterocycles. The Hall–Kier alpha value is -4.61. The van der Waals surface area contributed by atoms with Crippen LogP contribution in [-0.4, -0.2) is 34.6 Å². The number of carbonyl (C=O) groups excluding carboxylic acids is 3. The van der Waals surface area contributed by atoms with E-state index in [4.69, 9.17) is 27.9 Å². The summed E-state index contributed by atoms with van der Waals surface area (Å²) in [4.78, 5) is 45.0. The van der Waals surface area contributed by atoms with Gasteiger partial charge in [0.1, 0.15) is 11.4 Å². The average Bonchev–Trinajstić information content (AvgIpc) is 3.53. The van der Waals surface area contributed by atoms with Gasteiger partial charge in [-0.2, -0.15) is 0 Å². The molecular weight excluding hydrogens is 687 g/mol. The third kappa shape index (κ3) is 9.26. The number of hydrogen-bond acceptors (Lipinski definition) is 7. The first kappa shape index (κ1) is 34.7. The van der Waals surface area contributed by atoms with Crippen molar-refractivity contribution in [2.24, 2.45) is 0 Å². The highest BCUT2D eigenvalue weighted by Crippen LogP contribution is 2.33. The SMILES string of the molecule is CCOc1ccccc1/C=C(/NC(=O)c1ccccc1)C(=O)Nc1cccc(SC(C)C(=O)Nc2nc(-c3ccc(Cl)cc3Cl)cs2)c1. The summed E-state index contributed by atoms with van der Waals surface area (Å²) in [5.74, 6) is -0.621. The maximum absolute atomic E-state index is 13.6. The lowest BCUT2D eigenvalue weighted by Gasteiger charge is -2.14. The van der Waals surface area contributed by atoms with Crippen LogP contribution in [-0.2, 0) is 9.59 Å². The number of hydrogen-bond donors (Lipinski definition) is 3. The zero-order valence-corrected chi connectivity index (χ0v) is 29.0. The van der Waals surface area contributed by atoms with E-state index in [-0.39, 0.29) is 11.6 Å². The Balaban J connectivity index is 1.28. The smallest absolute Gasteiger partial charge is 0.272 e. The molecule has 48 heavy (non-hydrogen) atoms. The van der Waals surface area contributed by atoms with Crippen molar-refractivity contribution in [1.82, 2.24) is 10.3 Å². The number of anilines is 2. The van der Waals surface area contributed by atoms with Crippen molar-refractivity contribution < 1.29 is 19.1 Å². The molecule has 3 amide bonds. The van der Waals surface area contributed by atoms with E-state index in [1.54, 1.807) is 85.8 Å². The minimum Gasteiger partial charge on any atom is -0.493 e. The third-order valence-electron chi connectivity index (χ3n) is 6.76. The Bertz CT molecular complexity index is 1970. The van der Waals surface area contributed by atoms with Crippen molar-refractivity contribution >= 4 is 80.9 Å². The first-order valence-electron chi connectivity index (χ1n) is 14.8. The van der Waals surface area contributed by atoms with E-state index in [1.165, 1.54) is 23.1 Å². The molecule has 1 heterocycles. The zero-order chi connectivity index (χ0) is 34.0. The number of nitrogens with one attached hydrogen (secondary N) is 3. The normalized spacial score (nSPS) is 11.8. The van der Waals surface area contributed by atoms with Crippen LogP contribution < -0.4 is 20.7 Å². The van der Waals surface area contributed by atoms with Gasteiger partial charge >= 0.3 is 0 Å². The molecule has 4 aromatic carbocycles. The van der Waals surface area contributed by atoms with Gasteiger partial charge < -0.3 is 20.7 Å². The van der Waals surface area contributed by atoms with Gasteiger partial charge in [-0.05, 0) is 74.5 Å². The molecule has 1 atom stereocenters. The number of carbonyl (C=O) groups is 3. The Morgan fingerprint density at radius 3 is 2.48 bits per heavy atom. The van der Waals surface area contributed by atoms with Crippen molar-refractivity contribution in [2.75, 3.05) is 17.2 Å². The summed E-state index contributed by atoms with van der Waals surface area (Å²) in [7, 11) is 0. The minimum atomic E-state index is -0.529. The van der Waals surface area contributed by atoms with Gasteiger partial charge in [0.25, 0.3) is 11.8 Å². The van der Waals surface area contributed by atoms with Crippen molar-refractivity contribution in [3.63, 3.8) is 0 Å². The maximum Gasteiger partial charge on any atom is 0.272 e. The fraction of sp³-hybridized carbons (Fsp3) is 0.111. The van der Waals surface area contributed by atoms with Gasteiger partial charge in [-0.25, -0.2) is 4.98 Å². The van der Waals surface area contributed by atoms with E-state index >= 15 is 0 Å². The summed E-state index contributed by atoms with van der Waals surface area (Å²) in [6, 6.07) is 28.2. The van der Waals surface area contributed by atoms with Gasteiger partial charge in [0, 0.05) is 37.7 Å². The number of amides is 3.